The Hall–Kier alpha value is -3.70. The van der Waals surface area contributed by atoms with E-state index in [4.69, 9.17) is 4.74 Å². The summed E-state index contributed by atoms with van der Waals surface area (Å²) in [5.74, 6) is 0.305. The lowest BCUT2D eigenvalue weighted by molar-refractivity contribution is 0.0381. The first-order valence-corrected chi connectivity index (χ1v) is 11.0. The van der Waals surface area contributed by atoms with Crippen molar-refractivity contribution >= 4 is 5.91 Å². The predicted octanol–water partition coefficient (Wildman–Crippen LogP) is 3.44. The fourth-order valence-electron chi connectivity index (χ4n) is 4.05. The lowest BCUT2D eigenvalue weighted by Crippen LogP contribution is -2.49. The Morgan fingerprint density at radius 1 is 1.18 bits per heavy atom. The summed E-state index contributed by atoms with van der Waals surface area (Å²) in [7, 11) is 0. The van der Waals surface area contributed by atoms with Crippen molar-refractivity contribution in [1.29, 1.82) is 5.26 Å². The Balaban J connectivity index is 1.58. The van der Waals surface area contributed by atoms with Crippen LogP contribution >= 0.6 is 0 Å². The van der Waals surface area contributed by atoms with Gasteiger partial charge < -0.3 is 14.7 Å². The number of carbonyl (C=O) groups is 1. The topological polar surface area (TPSA) is 104 Å². The van der Waals surface area contributed by atoms with Gasteiger partial charge in [0.1, 0.15) is 17.9 Å². The lowest BCUT2D eigenvalue weighted by atomic mass is 9.96. The third-order valence-electron chi connectivity index (χ3n) is 5.97. The molecule has 8 heteroatoms. The number of aromatic nitrogens is 3. The van der Waals surface area contributed by atoms with Crippen molar-refractivity contribution in [3.05, 3.63) is 71.5 Å². The molecule has 1 aliphatic heterocycles. The number of nitrogens with zero attached hydrogens (tertiary/aromatic N) is 5. The number of benzene rings is 2. The zero-order valence-electron chi connectivity index (χ0n) is 19.0. The largest absolute Gasteiger partial charge is 0.487 e. The zero-order valence-corrected chi connectivity index (χ0v) is 19.0. The van der Waals surface area contributed by atoms with Crippen LogP contribution in [0.1, 0.15) is 55.1 Å². The smallest absolute Gasteiger partial charge is 0.256 e. The number of para-hydroxylation sites is 1. The molecule has 1 saturated heterocycles. The summed E-state index contributed by atoms with van der Waals surface area (Å²) in [5, 5.41) is 28.2. The van der Waals surface area contributed by atoms with E-state index in [-0.39, 0.29) is 18.1 Å². The standard InChI is InChI=1S/C25H27N5O3/c1-17-8-11-20(33-23-14-19(25(2,3)32)10-9-18(23)15-26)16-29(17)24(31)21-6-4-5-7-22(21)30-27-12-13-28-30/h4-7,9-10,12-14,17,20,32H,8,11,16H2,1-3H3/t17-,20-/m1/s1. The summed E-state index contributed by atoms with van der Waals surface area (Å²) < 4.78 is 6.22. The molecule has 8 nitrogen and oxygen atoms in total. The molecule has 0 unspecified atom stereocenters. The normalized spacial score (nSPS) is 18.6. The van der Waals surface area contributed by atoms with Gasteiger partial charge in [0, 0.05) is 6.04 Å². The average Bonchev–Trinajstić information content (AvgIpc) is 3.34. The summed E-state index contributed by atoms with van der Waals surface area (Å²) >= 11 is 0. The molecule has 0 saturated carbocycles. The van der Waals surface area contributed by atoms with E-state index >= 15 is 0 Å². The highest BCUT2D eigenvalue weighted by molar-refractivity contribution is 5.98. The van der Waals surface area contributed by atoms with Crippen molar-refractivity contribution < 1.29 is 14.6 Å². The van der Waals surface area contributed by atoms with E-state index in [0.717, 1.165) is 12.8 Å². The van der Waals surface area contributed by atoms with Gasteiger partial charge in [0.15, 0.2) is 0 Å². The van der Waals surface area contributed by atoms with Gasteiger partial charge in [0.25, 0.3) is 5.91 Å². The summed E-state index contributed by atoms with van der Waals surface area (Å²) in [6, 6.07) is 14.5. The Labute approximate surface area is 193 Å². The van der Waals surface area contributed by atoms with Gasteiger partial charge in [-0.3, -0.25) is 4.79 Å². The molecule has 3 aromatic rings. The van der Waals surface area contributed by atoms with Crippen LogP contribution in [0.2, 0.25) is 0 Å². The van der Waals surface area contributed by atoms with Crippen LogP contribution in [0.15, 0.2) is 54.9 Å². The third kappa shape index (κ3) is 4.73. The maximum absolute atomic E-state index is 13.5. The Morgan fingerprint density at radius 3 is 2.61 bits per heavy atom. The number of hydrogen-bond acceptors (Lipinski definition) is 6. The fraction of sp³-hybridized carbons (Fsp3) is 0.360. The van der Waals surface area contributed by atoms with Crippen LogP contribution in [-0.2, 0) is 5.60 Å². The molecule has 0 spiro atoms. The second kappa shape index (κ2) is 9.04. The average molecular weight is 446 g/mol. The molecule has 2 aromatic carbocycles. The molecule has 0 radical (unpaired) electrons. The summed E-state index contributed by atoms with van der Waals surface area (Å²) in [5.41, 5.74) is 1.14. The quantitative estimate of drug-likeness (QED) is 0.645. The van der Waals surface area contributed by atoms with E-state index in [1.54, 1.807) is 50.5 Å². The highest BCUT2D eigenvalue weighted by atomic mass is 16.5. The molecule has 33 heavy (non-hydrogen) atoms. The van der Waals surface area contributed by atoms with E-state index < -0.39 is 5.60 Å². The van der Waals surface area contributed by atoms with Gasteiger partial charge in [-0.15, -0.1) is 0 Å². The number of rotatable bonds is 5. The first kappa shape index (κ1) is 22.5. The maximum atomic E-state index is 13.5. The predicted molar refractivity (Wildman–Crippen MR) is 122 cm³/mol. The zero-order chi connectivity index (χ0) is 23.6. The molecule has 0 bridgehead atoms. The van der Waals surface area contributed by atoms with Crippen LogP contribution in [0.3, 0.4) is 0 Å². The number of ether oxygens (including phenoxy) is 1. The number of amides is 1. The summed E-state index contributed by atoms with van der Waals surface area (Å²) in [4.78, 5) is 16.8. The minimum absolute atomic E-state index is 0.0362. The number of hydrogen-bond donors (Lipinski definition) is 1. The summed E-state index contributed by atoms with van der Waals surface area (Å²) in [6.07, 6.45) is 4.40. The van der Waals surface area contributed by atoms with Gasteiger partial charge in [0.2, 0.25) is 0 Å². The molecule has 1 fully saturated rings. The molecule has 170 valence electrons. The number of piperidine rings is 1. The maximum Gasteiger partial charge on any atom is 0.256 e. The van der Waals surface area contributed by atoms with Gasteiger partial charge >= 0.3 is 0 Å². The lowest BCUT2D eigenvalue weighted by Gasteiger charge is -2.38. The first-order chi connectivity index (χ1) is 15.8. The highest BCUT2D eigenvalue weighted by Crippen LogP contribution is 2.30. The second-order valence-electron chi connectivity index (χ2n) is 8.84. The molecule has 1 amide bonds. The van der Waals surface area contributed by atoms with E-state index in [1.807, 2.05) is 30.0 Å². The van der Waals surface area contributed by atoms with Crippen molar-refractivity contribution in [2.24, 2.45) is 0 Å². The van der Waals surface area contributed by atoms with Gasteiger partial charge in [-0.2, -0.15) is 20.3 Å². The van der Waals surface area contributed by atoms with Crippen LogP contribution in [-0.4, -0.2) is 49.6 Å². The molecular weight excluding hydrogens is 418 g/mol. The third-order valence-corrected chi connectivity index (χ3v) is 5.97. The Bertz CT molecular complexity index is 1180. The van der Waals surface area contributed by atoms with Gasteiger partial charge in [-0.05, 0) is 63.4 Å². The van der Waals surface area contributed by atoms with Gasteiger partial charge in [-0.25, -0.2) is 0 Å². The van der Waals surface area contributed by atoms with Crippen molar-refractivity contribution in [3.63, 3.8) is 0 Å². The molecule has 2 heterocycles. The highest BCUT2D eigenvalue weighted by Gasteiger charge is 2.32. The van der Waals surface area contributed by atoms with E-state index in [1.165, 1.54) is 4.80 Å². The molecule has 1 aromatic heterocycles. The fourth-order valence-corrected chi connectivity index (χ4v) is 4.05. The van der Waals surface area contributed by atoms with Crippen molar-refractivity contribution in [3.8, 4) is 17.5 Å². The molecule has 2 atom stereocenters. The molecule has 0 aliphatic carbocycles. The van der Waals surface area contributed by atoms with Crippen LogP contribution in [0.25, 0.3) is 5.69 Å². The van der Waals surface area contributed by atoms with Crippen molar-refractivity contribution in [2.45, 2.75) is 51.4 Å². The molecule has 1 aliphatic rings. The van der Waals surface area contributed by atoms with E-state index in [0.29, 0.717) is 34.7 Å². The minimum Gasteiger partial charge on any atom is -0.487 e. The second-order valence-corrected chi connectivity index (χ2v) is 8.84. The monoisotopic (exact) mass is 445 g/mol. The Kier molecular flexibility index (Phi) is 6.16. The van der Waals surface area contributed by atoms with Crippen LogP contribution in [0.5, 0.6) is 5.75 Å². The molecule has 4 rings (SSSR count). The van der Waals surface area contributed by atoms with Crippen LogP contribution in [0.4, 0.5) is 0 Å². The summed E-state index contributed by atoms with van der Waals surface area (Å²) in [6.45, 7) is 5.79. The minimum atomic E-state index is -1.06. The van der Waals surface area contributed by atoms with Gasteiger partial charge in [0.05, 0.1) is 41.4 Å². The van der Waals surface area contributed by atoms with Crippen LogP contribution in [0, 0.1) is 11.3 Å². The number of aliphatic hydroxyl groups is 1. The molecular formula is C25H27N5O3. The number of nitriles is 1. The van der Waals surface area contributed by atoms with E-state index in [9.17, 15) is 15.2 Å². The number of carbonyl (C=O) groups excluding carboxylic acids is 1. The SMILES string of the molecule is C[C@@H]1CC[C@@H](Oc2cc(C(C)(C)O)ccc2C#N)CN1C(=O)c1ccccc1-n1nccn1. The number of likely N-dealkylation sites (tertiary alicyclic amines) is 1. The van der Waals surface area contributed by atoms with Gasteiger partial charge in [-0.1, -0.05) is 18.2 Å². The molecule has 1 N–H and O–H groups in total. The van der Waals surface area contributed by atoms with Crippen molar-refractivity contribution in [1.82, 2.24) is 19.9 Å². The van der Waals surface area contributed by atoms with Crippen LogP contribution < -0.4 is 4.74 Å². The van der Waals surface area contributed by atoms with Crippen molar-refractivity contribution in [2.75, 3.05) is 6.54 Å². The van der Waals surface area contributed by atoms with E-state index in [2.05, 4.69) is 16.3 Å². The Morgan fingerprint density at radius 2 is 1.91 bits per heavy atom. The first-order valence-electron chi connectivity index (χ1n) is 11.0.